The Bertz CT molecular complexity index is 570. The first kappa shape index (κ1) is 14.5. The number of hydrogen-bond donors (Lipinski definition) is 1. The van der Waals surface area contributed by atoms with Gasteiger partial charge in [-0.25, -0.2) is 4.39 Å². The van der Waals surface area contributed by atoms with Gasteiger partial charge in [0.15, 0.2) is 0 Å². The molecule has 0 aliphatic rings. The van der Waals surface area contributed by atoms with Crippen molar-refractivity contribution in [3.63, 3.8) is 0 Å². The van der Waals surface area contributed by atoms with Crippen LogP contribution in [0.3, 0.4) is 0 Å². The molecule has 0 aliphatic heterocycles. The topological polar surface area (TPSA) is 21.3 Å². The van der Waals surface area contributed by atoms with Crippen LogP contribution >= 0.6 is 0 Å². The van der Waals surface area contributed by atoms with E-state index in [2.05, 4.69) is 12.2 Å². The van der Waals surface area contributed by atoms with Gasteiger partial charge in [-0.1, -0.05) is 30.3 Å². The lowest BCUT2D eigenvalue weighted by Crippen LogP contribution is -2.23. The summed E-state index contributed by atoms with van der Waals surface area (Å²) >= 11 is 0. The second-order valence-electron chi connectivity index (χ2n) is 4.91. The Kier molecular flexibility index (Phi) is 4.74. The number of rotatable bonds is 5. The highest BCUT2D eigenvalue weighted by Crippen LogP contribution is 2.23. The molecule has 0 saturated heterocycles. The maximum atomic E-state index is 13.8. The summed E-state index contributed by atoms with van der Waals surface area (Å²) in [5.74, 6) is 0.653. The van der Waals surface area contributed by atoms with E-state index < -0.39 is 0 Å². The Morgan fingerprint density at radius 3 is 2.45 bits per heavy atom. The normalized spacial score (nSPS) is 13.8. The number of halogens is 1. The van der Waals surface area contributed by atoms with Crippen LogP contribution in [0.15, 0.2) is 48.5 Å². The van der Waals surface area contributed by atoms with E-state index in [0.29, 0.717) is 5.56 Å². The van der Waals surface area contributed by atoms with Crippen LogP contribution < -0.4 is 10.1 Å². The van der Waals surface area contributed by atoms with E-state index in [1.807, 2.05) is 43.3 Å². The molecule has 3 heteroatoms. The van der Waals surface area contributed by atoms with Crippen LogP contribution in [0.2, 0.25) is 0 Å². The van der Waals surface area contributed by atoms with Crippen LogP contribution in [-0.4, -0.2) is 7.11 Å². The molecule has 2 aromatic rings. The number of nitrogens with one attached hydrogen (secondary N) is 1. The monoisotopic (exact) mass is 273 g/mol. The molecule has 0 saturated carbocycles. The molecule has 0 bridgehead atoms. The van der Waals surface area contributed by atoms with Crippen LogP contribution in [0, 0.1) is 5.82 Å². The minimum Gasteiger partial charge on any atom is -0.497 e. The van der Waals surface area contributed by atoms with Crippen LogP contribution in [0.4, 0.5) is 4.39 Å². The second kappa shape index (κ2) is 6.53. The van der Waals surface area contributed by atoms with Gasteiger partial charge in [-0.15, -0.1) is 0 Å². The third-order valence-electron chi connectivity index (χ3n) is 3.47. The molecule has 1 N–H and O–H groups in total. The molecule has 2 rings (SSSR count). The van der Waals surface area contributed by atoms with E-state index in [1.54, 1.807) is 13.2 Å². The summed E-state index contributed by atoms with van der Waals surface area (Å²) in [6.07, 6.45) is 0. The molecule has 0 radical (unpaired) electrons. The molecule has 2 nitrogen and oxygen atoms in total. The van der Waals surface area contributed by atoms with E-state index in [-0.39, 0.29) is 17.9 Å². The zero-order valence-corrected chi connectivity index (χ0v) is 12.1. The zero-order chi connectivity index (χ0) is 14.5. The van der Waals surface area contributed by atoms with Crippen LogP contribution in [0.5, 0.6) is 5.75 Å². The van der Waals surface area contributed by atoms with E-state index in [1.165, 1.54) is 6.07 Å². The van der Waals surface area contributed by atoms with Gasteiger partial charge in [-0.2, -0.15) is 0 Å². The molecule has 0 heterocycles. The van der Waals surface area contributed by atoms with Gasteiger partial charge in [0.05, 0.1) is 7.11 Å². The molecule has 2 atom stereocenters. The third-order valence-corrected chi connectivity index (χ3v) is 3.47. The molecule has 20 heavy (non-hydrogen) atoms. The lowest BCUT2D eigenvalue weighted by Gasteiger charge is -2.21. The first-order valence-corrected chi connectivity index (χ1v) is 6.76. The fourth-order valence-corrected chi connectivity index (χ4v) is 2.30. The summed E-state index contributed by atoms with van der Waals surface area (Å²) in [7, 11) is 1.65. The summed E-state index contributed by atoms with van der Waals surface area (Å²) in [6.45, 7) is 4.03. The van der Waals surface area contributed by atoms with Gasteiger partial charge in [0.2, 0.25) is 0 Å². The number of hydrogen-bond acceptors (Lipinski definition) is 2. The van der Waals surface area contributed by atoms with Gasteiger partial charge in [0.1, 0.15) is 11.6 Å². The molecule has 0 fully saturated rings. The van der Waals surface area contributed by atoms with E-state index in [9.17, 15) is 4.39 Å². The fraction of sp³-hybridized carbons (Fsp3) is 0.294. The standard InChI is InChI=1S/C17H20FNO/c1-12(14-7-6-8-15(11-14)20-3)19-13(2)16-9-4-5-10-17(16)18/h4-13,19H,1-3H3. The number of benzene rings is 2. The molecular weight excluding hydrogens is 253 g/mol. The Labute approximate surface area is 119 Å². The minimum atomic E-state index is -0.176. The van der Waals surface area contributed by atoms with Gasteiger partial charge in [-0.05, 0) is 37.6 Å². The summed E-state index contributed by atoms with van der Waals surface area (Å²) in [4.78, 5) is 0. The lowest BCUT2D eigenvalue weighted by molar-refractivity contribution is 0.412. The first-order chi connectivity index (χ1) is 9.61. The average molecular weight is 273 g/mol. The maximum absolute atomic E-state index is 13.8. The molecule has 0 spiro atoms. The highest BCUT2D eigenvalue weighted by molar-refractivity contribution is 5.30. The SMILES string of the molecule is COc1cccc(C(C)NC(C)c2ccccc2F)c1. The van der Waals surface area contributed by atoms with Gasteiger partial charge in [0.25, 0.3) is 0 Å². The van der Waals surface area contributed by atoms with Crippen molar-refractivity contribution in [2.45, 2.75) is 25.9 Å². The van der Waals surface area contributed by atoms with Crippen LogP contribution in [-0.2, 0) is 0 Å². The summed E-state index contributed by atoms with van der Waals surface area (Å²) < 4.78 is 19.0. The zero-order valence-electron chi connectivity index (χ0n) is 12.1. The van der Waals surface area contributed by atoms with Crippen molar-refractivity contribution in [3.8, 4) is 5.75 Å². The molecule has 0 aliphatic carbocycles. The lowest BCUT2D eigenvalue weighted by atomic mass is 10.0. The first-order valence-electron chi connectivity index (χ1n) is 6.76. The van der Waals surface area contributed by atoms with Crippen LogP contribution in [0.25, 0.3) is 0 Å². The van der Waals surface area contributed by atoms with Crippen molar-refractivity contribution in [2.75, 3.05) is 7.11 Å². The molecule has 106 valence electrons. The predicted octanol–water partition coefficient (Wildman–Crippen LogP) is 4.25. The van der Waals surface area contributed by atoms with E-state index in [0.717, 1.165) is 11.3 Å². The Morgan fingerprint density at radius 2 is 1.75 bits per heavy atom. The van der Waals surface area contributed by atoms with Gasteiger partial charge in [-0.3, -0.25) is 0 Å². The van der Waals surface area contributed by atoms with Crippen molar-refractivity contribution in [1.29, 1.82) is 0 Å². The third kappa shape index (κ3) is 3.36. The maximum Gasteiger partial charge on any atom is 0.127 e. The van der Waals surface area contributed by atoms with Gasteiger partial charge < -0.3 is 10.1 Å². The van der Waals surface area contributed by atoms with Crippen molar-refractivity contribution in [3.05, 3.63) is 65.5 Å². The quantitative estimate of drug-likeness (QED) is 0.879. The molecule has 2 unspecified atom stereocenters. The highest BCUT2D eigenvalue weighted by atomic mass is 19.1. The highest BCUT2D eigenvalue weighted by Gasteiger charge is 2.14. The van der Waals surface area contributed by atoms with E-state index in [4.69, 9.17) is 4.74 Å². The van der Waals surface area contributed by atoms with Gasteiger partial charge in [0, 0.05) is 17.6 Å². The largest absolute Gasteiger partial charge is 0.497 e. The van der Waals surface area contributed by atoms with Gasteiger partial charge >= 0.3 is 0 Å². The molecule has 0 aromatic heterocycles. The summed E-state index contributed by atoms with van der Waals surface area (Å²) in [6, 6.07) is 14.8. The molecule has 0 amide bonds. The van der Waals surface area contributed by atoms with Crippen molar-refractivity contribution < 1.29 is 9.13 Å². The Hall–Kier alpha value is -1.87. The van der Waals surface area contributed by atoms with Crippen molar-refractivity contribution in [1.82, 2.24) is 5.32 Å². The number of methoxy groups -OCH3 is 1. The van der Waals surface area contributed by atoms with Crippen molar-refractivity contribution in [2.24, 2.45) is 0 Å². The minimum absolute atomic E-state index is 0.0580. The second-order valence-corrected chi connectivity index (χ2v) is 4.91. The molecule has 2 aromatic carbocycles. The Balaban J connectivity index is 2.11. The molecular formula is C17H20FNO. The predicted molar refractivity (Wildman–Crippen MR) is 79.4 cm³/mol. The number of ether oxygens (including phenoxy) is 1. The van der Waals surface area contributed by atoms with Crippen molar-refractivity contribution >= 4 is 0 Å². The summed E-state index contributed by atoms with van der Waals surface area (Å²) in [5.41, 5.74) is 1.80. The summed E-state index contributed by atoms with van der Waals surface area (Å²) in [5, 5.41) is 3.41. The smallest absolute Gasteiger partial charge is 0.127 e. The van der Waals surface area contributed by atoms with Crippen LogP contribution in [0.1, 0.15) is 37.1 Å². The Morgan fingerprint density at radius 1 is 1.00 bits per heavy atom. The fourth-order valence-electron chi connectivity index (χ4n) is 2.30. The average Bonchev–Trinajstić information content (AvgIpc) is 2.47. The van der Waals surface area contributed by atoms with E-state index >= 15 is 0 Å².